The standard InChI is InChI=1S/C18H22N2S/c1-14-8-6-7-11-16(14)12-20(2)13-17(18(19)21)15-9-4-3-5-10-15/h3-11,17H,12-13H2,1-2H3,(H2,19,21). The first-order valence-electron chi connectivity index (χ1n) is 7.15. The Hall–Kier alpha value is -1.71. The zero-order chi connectivity index (χ0) is 15.2. The quantitative estimate of drug-likeness (QED) is 0.828. The van der Waals surface area contributed by atoms with Gasteiger partial charge >= 0.3 is 0 Å². The molecule has 2 aromatic rings. The molecule has 0 aromatic heterocycles. The predicted octanol–water partition coefficient (Wildman–Crippen LogP) is 3.50. The third-order valence-electron chi connectivity index (χ3n) is 3.74. The van der Waals surface area contributed by atoms with Gasteiger partial charge in [0.2, 0.25) is 0 Å². The van der Waals surface area contributed by atoms with Crippen molar-refractivity contribution in [3.63, 3.8) is 0 Å². The monoisotopic (exact) mass is 298 g/mol. The smallest absolute Gasteiger partial charge is 0.0816 e. The Balaban J connectivity index is 2.07. The van der Waals surface area contributed by atoms with E-state index in [2.05, 4.69) is 55.3 Å². The van der Waals surface area contributed by atoms with E-state index < -0.39 is 0 Å². The Bertz CT molecular complexity index is 595. The molecular formula is C18H22N2S. The molecule has 0 fully saturated rings. The molecule has 21 heavy (non-hydrogen) atoms. The van der Waals surface area contributed by atoms with Crippen LogP contribution >= 0.6 is 12.2 Å². The number of hydrogen-bond acceptors (Lipinski definition) is 2. The molecule has 0 aliphatic rings. The first-order chi connectivity index (χ1) is 10.1. The Kier molecular flexibility index (Phi) is 5.48. The van der Waals surface area contributed by atoms with Crippen LogP contribution in [0.1, 0.15) is 22.6 Å². The van der Waals surface area contributed by atoms with E-state index in [-0.39, 0.29) is 5.92 Å². The van der Waals surface area contributed by atoms with E-state index in [0.29, 0.717) is 4.99 Å². The van der Waals surface area contributed by atoms with Crippen LogP contribution in [0.15, 0.2) is 54.6 Å². The van der Waals surface area contributed by atoms with Gasteiger partial charge in [0, 0.05) is 19.0 Å². The third-order valence-corrected chi connectivity index (χ3v) is 4.03. The molecule has 2 rings (SSSR count). The van der Waals surface area contributed by atoms with Crippen LogP contribution in [0.3, 0.4) is 0 Å². The molecule has 0 aliphatic carbocycles. The molecule has 0 spiro atoms. The van der Waals surface area contributed by atoms with Gasteiger partial charge in [0.15, 0.2) is 0 Å². The predicted molar refractivity (Wildman–Crippen MR) is 93.5 cm³/mol. The highest BCUT2D eigenvalue weighted by Crippen LogP contribution is 2.18. The second kappa shape index (κ2) is 7.34. The molecule has 2 aromatic carbocycles. The molecule has 0 heterocycles. The fraction of sp³-hybridized carbons (Fsp3) is 0.278. The summed E-state index contributed by atoms with van der Waals surface area (Å²) in [6.07, 6.45) is 0. The first-order valence-corrected chi connectivity index (χ1v) is 7.56. The molecule has 110 valence electrons. The number of hydrogen-bond donors (Lipinski definition) is 1. The highest BCUT2D eigenvalue weighted by Gasteiger charge is 2.17. The van der Waals surface area contributed by atoms with Crippen molar-refractivity contribution in [3.05, 3.63) is 71.3 Å². The van der Waals surface area contributed by atoms with E-state index >= 15 is 0 Å². The molecule has 3 heteroatoms. The SMILES string of the molecule is Cc1ccccc1CN(C)CC(C(N)=S)c1ccccc1. The fourth-order valence-electron chi connectivity index (χ4n) is 2.50. The topological polar surface area (TPSA) is 29.3 Å². The minimum absolute atomic E-state index is 0.0928. The van der Waals surface area contributed by atoms with Crippen molar-refractivity contribution in [1.29, 1.82) is 0 Å². The lowest BCUT2D eigenvalue weighted by Gasteiger charge is -2.24. The Morgan fingerprint density at radius 1 is 1.10 bits per heavy atom. The van der Waals surface area contributed by atoms with Gasteiger partial charge in [-0.3, -0.25) is 0 Å². The summed E-state index contributed by atoms with van der Waals surface area (Å²) >= 11 is 5.26. The molecule has 0 saturated heterocycles. The average Bonchev–Trinajstić information content (AvgIpc) is 2.48. The van der Waals surface area contributed by atoms with Crippen LogP contribution < -0.4 is 5.73 Å². The lowest BCUT2D eigenvalue weighted by Crippen LogP contribution is -2.31. The van der Waals surface area contributed by atoms with Crippen molar-refractivity contribution in [2.45, 2.75) is 19.4 Å². The molecule has 0 bridgehead atoms. The van der Waals surface area contributed by atoms with Crippen LogP contribution in [-0.2, 0) is 6.54 Å². The van der Waals surface area contributed by atoms with Gasteiger partial charge in [0.05, 0.1) is 4.99 Å². The molecule has 0 amide bonds. The summed E-state index contributed by atoms with van der Waals surface area (Å²) in [6.45, 7) is 3.87. The van der Waals surface area contributed by atoms with Crippen molar-refractivity contribution in [1.82, 2.24) is 4.90 Å². The van der Waals surface area contributed by atoms with Gasteiger partial charge in [-0.15, -0.1) is 0 Å². The van der Waals surface area contributed by atoms with E-state index in [0.717, 1.165) is 13.1 Å². The van der Waals surface area contributed by atoms with Crippen molar-refractivity contribution < 1.29 is 0 Å². The van der Waals surface area contributed by atoms with Crippen LogP contribution in [-0.4, -0.2) is 23.5 Å². The van der Waals surface area contributed by atoms with Crippen molar-refractivity contribution in [2.75, 3.05) is 13.6 Å². The highest BCUT2D eigenvalue weighted by atomic mass is 32.1. The van der Waals surface area contributed by atoms with E-state index in [9.17, 15) is 0 Å². The number of rotatable bonds is 6. The van der Waals surface area contributed by atoms with Gasteiger partial charge in [-0.2, -0.15) is 0 Å². The molecule has 1 unspecified atom stereocenters. The molecule has 0 radical (unpaired) electrons. The van der Waals surface area contributed by atoms with Gasteiger partial charge in [0.25, 0.3) is 0 Å². The first kappa shape index (κ1) is 15.7. The van der Waals surface area contributed by atoms with Crippen LogP contribution in [0.25, 0.3) is 0 Å². The molecule has 1 atom stereocenters. The summed E-state index contributed by atoms with van der Waals surface area (Å²) < 4.78 is 0. The summed E-state index contributed by atoms with van der Waals surface area (Å²) in [7, 11) is 2.11. The maximum Gasteiger partial charge on any atom is 0.0816 e. The second-order valence-electron chi connectivity index (χ2n) is 5.49. The zero-order valence-corrected chi connectivity index (χ0v) is 13.4. The van der Waals surface area contributed by atoms with Crippen LogP contribution in [0.2, 0.25) is 0 Å². The number of aryl methyl sites for hydroxylation is 1. The largest absolute Gasteiger partial charge is 0.393 e. The van der Waals surface area contributed by atoms with Gasteiger partial charge in [-0.1, -0.05) is 66.8 Å². The normalized spacial score (nSPS) is 12.3. The van der Waals surface area contributed by atoms with Crippen molar-refractivity contribution in [3.8, 4) is 0 Å². The van der Waals surface area contributed by atoms with Crippen molar-refractivity contribution in [2.24, 2.45) is 5.73 Å². The number of nitrogens with zero attached hydrogens (tertiary/aromatic N) is 1. The van der Waals surface area contributed by atoms with Crippen molar-refractivity contribution >= 4 is 17.2 Å². The average molecular weight is 298 g/mol. The maximum atomic E-state index is 5.95. The number of nitrogens with two attached hydrogens (primary N) is 1. The van der Waals surface area contributed by atoms with Gasteiger partial charge in [-0.25, -0.2) is 0 Å². The lowest BCUT2D eigenvalue weighted by atomic mass is 9.98. The summed E-state index contributed by atoms with van der Waals surface area (Å²) in [5, 5.41) is 0. The van der Waals surface area contributed by atoms with E-state index in [1.54, 1.807) is 0 Å². The third kappa shape index (κ3) is 4.38. The van der Waals surface area contributed by atoms with E-state index in [1.165, 1.54) is 16.7 Å². The lowest BCUT2D eigenvalue weighted by molar-refractivity contribution is 0.323. The summed E-state index contributed by atoms with van der Waals surface area (Å²) in [5.41, 5.74) is 9.79. The highest BCUT2D eigenvalue weighted by molar-refractivity contribution is 7.80. The molecule has 0 aliphatic heterocycles. The van der Waals surface area contributed by atoms with Crippen LogP contribution in [0.4, 0.5) is 0 Å². The summed E-state index contributed by atoms with van der Waals surface area (Å²) in [6, 6.07) is 18.7. The second-order valence-corrected chi connectivity index (χ2v) is 5.96. The van der Waals surface area contributed by atoms with Gasteiger partial charge in [0.1, 0.15) is 0 Å². The summed E-state index contributed by atoms with van der Waals surface area (Å²) in [4.78, 5) is 2.83. The number of thiocarbonyl (C=S) groups is 1. The van der Waals surface area contributed by atoms with Crippen LogP contribution in [0, 0.1) is 6.92 Å². The Morgan fingerprint density at radius 2 is 1.71 bits per heavy atom. The number of benzene rings is 2. The van der Waals surface area contributed by atoms with E-state index in [1.807, 2.05) is 18.2 Å². The minimum atomic E-state index is 0.0928. The maximum absolute atomic E-state index is 5.95. The summed E-state index contributed by atoms with van der Waals surface area (Å²) in [5.74, 6) is 0.0928. The molecule has 0 saturated carbocycles. The Morgan fingerprint density at radius 3 is 2.33 bits per heavy atom. The van der Waals surface area contributed by atoms with Crippen LogP contribution in [0.5, 0.6) is 0 Å². The molecule has 2 nitrogen and oxygen atoms in total. The number of likely N-dealkylation sites (N-methyl/N-ethyl adjacent to an activating group) is 1. The molecule has 2 N–H and O–H groups in total. The minimum Gasteiger partial charge on any atom is -0.393 e. The van der Waals surface area contributed by atoms with Gasteiger partial charge < -0.3 is 10.6 Å². The fourth-order valence-corrected chi connectivity index (χ4v) is 2.71. The van der Waals surface area contributed by atoms with Gasteiger partial charge in [-0.05, 0) is 30.7 Å². The molecular weight excluding hydrogens is 276 g/mol. The Labute approximate surface area is 132 Å². The zero-order valence-electron chi connectivity index (χ0n) is 12.6. The van der Waals surface area contributed by atoms with E-state index in [4.69, 9.17) is 18.0 Å².